The van der Waals surface area contributed by atoms with Gasteiger partial charge in [-0.1, -0.05) is 41.9 Å². The van der Waals surface area contributed by atoms with Crippen molar-refractivity contribution in [2.24, 2.45) is 0 Å². The van der Waals surface area contributed by atoms with Crippen LogP contribution in [0.2, 0.25) is 5.02 Å². The van der Waals surface area contributed by atoms with Crippen molar-refractivity contribution in [1.82, 2.24) is 9.19 Å². The van der Waals surface area contributed by atoms with Crippen molar-refractivity contribution in [3.8, 4) is 11.1 Å². The molecule has 0 spiro atoms. The average Bonchev–Trinajstić information content (AvgIpc) is 2.92. The van der Waals surface area contributed by atoms with Crippen LogP contribution in [0, 0.1) is 0 Å². The minimum absolute atomic E-state index is 0.141. The Kier molecular flexibility index (Phi) is 3.64. The normalized spacial score (nSPS) is 11.5. The number of benzene rings is 2. The standard InChI is InChI=1S/C15H12ClN3O2S/c16-12-8-6-11(7-9-12)14-10-19(18-15(14)17)22(20,21)13-4-2-1-3-5-13/h1-10H,(H2,17,18). The monoisotopic (exact) mass is 333 g/mol. The van der Waals surface area contributed by atoms with E-state index >= 15 is 0 Å². The molecule has 3 rings (SSSR count). The molecule has 0 aliphatic heterocycles. The topological polar surface area (TPSA) is 78.0 Å². The Morgan fingerprint density at radius 2 is 1.64 bits per heavy atom. The van der Waals surface area contributed by atoms with Crippen molar-refractivity contribution in [3.05, 3.63) is 65.8 Å². The molecule has 0 aliphatic rings. The van der Waals surface area contributed by atoms with E-state index in [2.05, 4.69) is 5.10 Å². The Hall–Kier alpha value is -2.31. The van der Waals surface area contributed by atoms with Crippen LogP contribution in [0.3, 0.4) is 0 Å². The molecule has 5 nitrogen and oxygen atoms in total. The summed E-state index contributed by atoms with van der Waals surface area (Å²) in [6, 6.07) is 15.0. The molecule has 0 amide bonds. The molecule has 0 saturated heterocycles. The first-order valence-electron chi connectivity index (χ1n) is 6.40. The Balaban J connectivity index is 2.08. The summed E-state index contributed by atoms with van der Waals surface area (Å²) in [7, 11) is -3.76. The number of aromatic nitrogens is 2. The van der Waals surface area contributed by atoms with Crippen LogP contribution in [0.5, 0.6) is 0 Å². The van der Waals surface area contributed by atoms with Crippen LogP contribution in [-0.4, -0.2) is 17.6 Å². The van der Waals surface area contributed by atoms with Crippen molar-refractivity contribution in [2.75, 3.05) is 5.73 Å². The fraction of sp³-hybridized carbons (Fsp3) is 0. The van der Waals surface area contributed by atoms with Gasteiger partial charge in [0, 0.05) is 10.6 Å². The van der Waals surface area contributed by atoms with Crippen LogP contribution < -0.4 is 5.73 Å². The van der Waals surface area contributed by atoms with Gasteiger partial charge in [0.1, 0.15) is 0 Å². The Bertz CT molecular complexity index is 904. The average molecular weight is 334 g/mol. The van der Waals surface area contributed by atoms with Crippen LogP contribution in [0.4, 0.5) is 5.82 Å². The summed E-state index contributed by atoms with van der Waals surface area (Å²) in [5.74, 6) is 0.141. The Morgan fingerprint density at radius 3 is 2.27 bits per heavy atom. The van der Waals surface area contributed by atoms with Crippen molar-refractivity contribution in [1.29, 1.82) is 0 Å². The van der Waals surface area contributed by atoms with Gasteiger partial charge in [0.05, 0.1) is 11.1 Å². The highest BCUT2D eigenvalue weighted by molar-refractivity contribution is 7.89. The molecular formula is C15H12ClN3O2S. The fourth-order valence-electron chi connectivity index (χ4n) is 2.04. The number of nitrogens with zero attached hydrogens (tertiary/aromatic N) is 2. The van der Waals surface area contributed by atoms with Crippen LogP contribution in [0.15, 0.2) is 65.7 Å². The molecule has 2 aromatic carbocycles. The number of nitrogen functional groups attached to an aromatic ring is 1. The molecule has 0 bridgehead atoms. The van der Waals surface area contributed by atoms with Gasteiger partial charge >= 0.3 is 0 Å². The van der Waals surface area contributed by atoms with E-state index in [1.807, 2.05) is 0 Å². The lowest BCUT2D eigenvalue weighted by molar-refractivity contribution is 0.580. The predicted molar refractivity (Wildman–Crippen MR) is 86.1 cm³/mol. The van der Waals surface area contributed by atoms with Gasteiger partial charge in [0.2, 0.25) is 0 Å². The summed E-state index contributed by atoms with van der Waals surface area (Å²) in [6.07, 6.45) is 1.40. The van der Waals surface area contributed by atoms with Gasteiger partial charge in [-0.05, 0) is 29.8 Å². The first kappa shape index (κ1) is 14.6. The van der Waals surface area contributed by atoms with E-state index in [4.69, 9.17) is 17.3 Å². The number of hydrogen-bond acceptors (Lipinski definition) is 4. The van der Waals surface area contributed by atoms with E-state index in [-0.39, 0.29) is 10.7 Å². The maximum Gasteiger partial charge on any atom is 0.283 e. The molecule has 22 heavy (non-hydrogen) atoms. The largest absolute Gasteiger partial charge is 0.382 e. The second-order valence-corrected chi connectivity index (χ2v) is 6.86. The van der Waals surface area contributed by atoms with Crippen molar-refractivity contribution >= 4 is 27.4 Å². The van der Waals surface area contributed by atoms with Gasteiger partial charge in [-0.15, -0.1) is 5.10 Å². The molecule has 0 fully saturated rings. The fourth-order valence-corrected chi connectivity index (χ4v) is 3.32. The summed E-state index contributed by atoms with van der Waals surface area (Å²) >= 11 is 5.85. The summed E-state index contributed by atoms with van der Waals surface area (Å²) < 4.78 is 25.9. The summed E-state index contributed by atoms with van der Waals surface area (Å²) in [5.41, 5.74) is 7.14. The zero-order chi connectivity index (χ0) is 15.7. The molecule has 2 N–H and O–H groups in total. The predicted octanol–water partition coefficient (Wildman–Crippen LogP) is 3.02. The highest BCUT2D eigenvalue weighted by Gasteiger charge is 2.20. The van der Waals surface area contributed by atoms with E-state index < -0.39 is 10.0 Å². The van der Waals surface area contributed by atoms with Gasteiger partial charge in [-0.2, -0.15) is 12.5 Å². The van der Waals surface area contributed by atoms with Crippen molar-refractivity contribution in [3.63, 3.8) is 0 Å². The first-order valence-corrected chi connectivity index (χ1v) is 8.22. The molecule has 0 aliphatic carbocycles. The van der Waals surface area contributed by atoms with Crippen molar-refractivity contribution in [2.45, 2.75) is 4.90 Å². The van der Waals surface area contributed by atoms with Crippen LogP contribution in [-0.2, 0) is 10.0 Å². The molecule has 0 atom stereocenters. The maximum absolute atomic E-state index is 12.5. The molecule has 0 radical (unpaired) electrons. The molecular weight excluding hydrogens is 322 g/mol. The van der Waals surface area contributed by atoms with E-state index in [1.165, 1.54) is 18.3 Å². The molecule has 1 aromatic heterocycles. The Labute approximate surface area is 133 Å². The second kappa shape index (κ2) is 5.47. The molecule has 1 heterocycles. The zero-order valence-corrected chi connectivity index (χ0v) is 12.9. The number of halogens is 1. The first-order chi connectivity index (χ1) is 10.5. The number of nitrogens with two attached hydrogens (primary N) is 1. The van der Waals surface area contributed by atoms with Gasteiger partial charge in [0.25, 0.3) is 10.0 Å². The zero-order valence-electron chi connectivity index (χ0n) is 11.3. The lowest BCUT2D eigenvalue weighted by atomic mass is 10.1. The van der Waals surface area contributed by atoms with Crippen LogP contribution in [0.25, 0.3) is 11.1 Å². The minimum atomic E-state index is -3.76. The lowest BCUT2D eigenvalue weighted by Crippen LogP contribution is -2.13. The quantitative estimate of drug-likeness (QED) is 0.799. The van der Waals surface area contributed by atoms with Crippen molar-refractivity contribution < 1.29 is 8.42 Å². The van der Waals surface area contributed by atoms with E-state index in [1.54, 1.807) is 42.5 Å². The highest BCUT2D eigenvalue weighted by Crippen LogP contribution is 2.27. The van der Waals surface area contributed by atoms with Crippen LogP contribution in [0.1, 0.15) is 0 Å². The van der Waals surface area contributed by atoms with E-state index in [0.29, 0.717) is 10.6 Å². The third-order valence-electron chi connectivity index (χ3n) is 3.16. The third-order valence-corrected chi connectivity index (χ3v) is 4.96. The molecule has 3 aromatic rings. The number of anilines is 1. The van der Waals surface area contributed by atoms with Gasteiger partial charge in [0.15, 0.2) is 5.82 Å². The second-order valence-electron chi connectivity index (χ2n) is 4.63. The van der Waals surface area contributed by atoms with Gasteiger partial charge in [-0.3, -0.25) is 0 Å². The smallest absolute Gasteiger partial charge is 0.283 e. The van der Waals surface area contributed by atoms with Gasteiger partial charge < -0.3 is 5.73 Å². The SMILES string of the molecule is Nc1nn(S(=O)(=O)c2ccccc2)cc1-c1ccc(Cl)cc1. The molecule has 7 heteroatoms. The molecule has 0 unspecified atom stereocenters. The van der Waals surface area contributed by atoms with E-state index in [0.717, 1.165) is 9.65 Å². The third kappa shape index (κ3) is 2.58. The number of rotatable bonds is 3. The molecule has 0 saturated carbocycles. The molecule has 112 valence electrons. The summed E-state index contributed by atoms with van der Waals surface area (Å²) in [5, 5.41) is 4.52. The van der Waals surface area contributed by atoms with Crippen LogP contribution >= 0.6 is 11.6 Å². The Morgan fingerprint density at radius 1 is 1.00 bits per heavy atom. The summed E-state index contributed by atoms with van der Waals surface area (Å²) in [4.78, 5) is 0.153. The highest BCUT2D eigenvalue weighted by atomic mass is 35.5. The minimum Gasteiger partial charge on any atom is -0.382 e. The van der Waals surface area contributed by atoms with E-state index in [9.17, 15) is 8.42 Å². The lowest BCUT2D eigenvalue weighted by Gasteiger charge is -2.03. The van der Waals surface area contributed by atoms with Gasteiger partial charge in [-0.25, -0.2) is 0 Å². The summed E-state index contributed by atoms with van der Waals surface area (Å²) in [6.45, 7) is 0. The maximum atomic E-state index is 12.5. The number of hydrogen-bond donors (Lipinski definition) is 1.